The predicted octanol–water partition coefficient (Wildman–Crippen LogP) is 8.57. The van der Waals surface area contributed by atoms with Gasteiger partial charge in [0.05, 0.1) is 0 Å². The first-order valence-corrected chi connectivity index (χ1v) is 9.89. The summed E-state index contributed by atoms with van der Waals surface area (Å²) < 4.78 is 115. The van der Waals surface area contributed by atoms with Crippen LogP contribution < -0.4 is 0 Å². The minimum atomic E-state index is -1.37. The number of hydrogen-bond acceptors (Lipinski definition) is 0. The van der Waals surface area contributed by atoms with E-state index in [0.29, 0.717) is 0 Å². The molecule has 6 aromatic rings. The lowest BCUT2D eigenvalue weighted by Gasteiger charge is -2.17. The molecule has 6 rings (SSSR count). The molecule has 0 fully saturated rings. The number of fused-ring (bicyclic) bond motifs is 11. The van der Waals surface area contributed by atoms with Gasteiger partial charge in [0.2, 0.25) is 0 Å². The van der Waals surface area contributed by atoms with Crippen LogP contribution in [-0.2, 0) is 0 Å². The third kappa shape index (κ3) is 2.59. The number of benzene rings is 6. The van der Waals surface area contributed by atoms with Gasteiger partial charge in [0.1, 0.15) is 0 Å². The van der Waals surface area contributed by atoms with Gasteiger partial charge in [-0.1, -0.05) is 6.07 Å². The Morgan fingerprint density at radius 1 is 0.294 bits per heavy atom. The minimum Gasteiger partial charge on any atom is -0.204 e. The molecule has 0 radical (unpaired) electrons. The van der Waals surface area contributed by atoms with Crippen molar-refractivity contribution in [1.82, 2.24) is 0 Å². The van der Waals surface area contributed by atoms with Gasteiger partial charge in [-0.3, -0.25) is 0 Å². The Kier molecular flexibility index (Phi) is 4.12. The van der Waals surface area contributed by atoms with E-state index in [1.165, 1.54) is 0 Å². The fourth-order valence-electron chi connectivity index (χ4n) is 4.76. The maximum Gasteiger partial charge on any atom is 0.167 e. The third-order valence-corrected chi connectivity index (χ3v) is 6.16. The molecule has 6 aromatic carbocycles. The lowest BCUT2D eigenvalue weighted by atomic mass is 9.86. The summed E-state index contributed by atoms with van der Waals surface area (Å²) in [6.07, 6.45) is 0. The number of hydrogen-bond donors (Lipinski definition) is 0. The van der Waals surface area contributed by atoms with Gasteiger partial charge in [-0.25, -0.2) is 35.1 Å². The van der Waals surface area contributed by atoms with Crippen LogP contribution in [0.2, 0.25) is 0 Å². The zero-order chi connectivity index (χ0) is 24.0. The highest BCUT2D eigenvalue weighted by molar-refractivity contribution is 6.39. The molecule has 0 aliphatic heterocycles. The van der Waals surface area contributed by atoms with Crippen LogP contribution in [0.1, 0.15) is 0 Å². The molecule has 0 heterocycles. The van der Waals surface area contributed by atoms with E-state index in [-0.39, 0.29) is 48.5 Å². The average Bonchev–Trinajstić information content (AvgIpc) is 2.79. The maximum absolute atomic E-state index is 15.2. The Morgan fingerprint density at radius 2 is 0.647 bits per heavy atom. The first-order valence-electron chi connectivity index (χ1n) is 9.89. The first-order chi connectivity index (χ1) is 16.2. The summed E-state index contributed by atoms with van der Waals surface area (Å²) in [6.45, 7) is 0. The smallest absolute Gasteiger partial charge is 0.167 e. The molecule has 168 valence electrons. The summed E-state index contributed by atoms with van der Waals surface area (Å²) in [4.78, 5) is 0. The summed E-state index contributed by atoms with van der Waals surface area (Å²) in [7, 11) is 0. The van der Waals surface area contributed by atoms with E-state index in [9.17, 15) is 30.7 Å². The minimum absolute atomic E-state index is 0.0324. The Hall–Kier alpha value is -3.94. The van der Waals surface area contributed by atoms with Crippen LogP contribution in [-0.4, -0.2) is 0 Å². The van der Waals surface area contributed by atoms with Gasteiger partial charge in [-0.05, 0) is 85.6 Å². The summed E-state index contributed by atoms with van der Waals surface area (Å²) in [5.41, 5.74) is 0. The molecule has 0 saturated heterocycles. The molecule has 0 spiro atoms. The summed E-state index contributed by atoms with van der Waals surface area (Å²) in [5.74, 6) is -10.4. The van der Waals surface area contributed by atoms with Gasteiger partial charge < -0.3 is 0 Å². The SMILES string of the molecule is Fc1cc2c3cc(F)c(F)cc3c3c4c(F)c(F)ccc4c4cc(F)c(F)cc4c3c2cc1F. The van der Waals surface area contributed by atoms with Crippen molar-refractivity contribution in [3.05, 3.63) is 95.1 Å². The monoisotopic (exact) mass is 472 g/mol. The van der Waals surface area contributed by atoms with Crippen molar-refractivity contribution in [2.24, 2.45) is 0 Å². The van der Waals surface area contributed by atoms with Crippen LogP contribution >= 0.6 is 0 Å². The fraction of sp³-hybridized carbons (Fsp3) is 0. The van der Waals surface area contributed by atoms with Crippen molar-refractivity contribution in [2.45, 2.75) is 0 Å². The summed E-state index contributed by atoms with van der Waals surface area (Å²) in [6, 6.07) is 6.48. The van der Waals surface area contributed by atoms with Crippen molar-refractivity contribution in [3.8, 4) is 0 Å². The Labute approximate surface area is 184 Å². The summed E-state index contributed by atoms with van der Waals surface area (Å²) >= 11 is 0. The van der Waals surface area contributed by atoms with Crippen molar-refractivity contribution >= 4 is 53.9 Å². The molecule has 0 aliphatic rings. The molecule has 0 aromatic heterocycles. The highest BCUT2D eigenvalue weighted by Gasteiger charge is 2.23. The molecule has 0 unspecified atom stereocenters. The second kappa shape index (κ2) is 6.79. The highest BCUT2D eigenvalue weighted by Crippen LogP contribution is 2.46. The second-order valence-electron chi connectivity index (χ2n) is 7.97. The summed E-state index contributed by atoms with van der Waals surface area (Å²) in [5, 5.41) is -1.24. The second-order valence-corrected chi connectivity index (χ2v) is 7.97. The molecule has 8 heteroatoms. The van der Waals surface area contributed by atoms with E-state index in [2.05, 4.69) is 0 Å². The first kappa shape index (κ1) is 20.7. The van der Waals surface area contributed by atoms with Gasteiger partial charge >= 0.3 is 0 Å². The zero-order valence-electron chi connectivity index (χ0n) is 16.6. The quantitative estimate of drug-likeness (QED) is 0.153. The van der Waals surface area contributed by atoms with Crippen LogP contribution in [0.15, 0.2) is 48.5 Å². The molecule has 0 N–H and O–H groups in total. The molecule has 0 aliphatic carbocycles. The molecule has 0 saturated carbocycles. The van der Waals surface area contributed by atoms with Crippen LogP contribution in [0.3, 0.4) is 0 Å². The lowest BCUT2D eigenvalue weighted by molar-refractivity contribution is 0.510. The third-order valence-electron chi connectivity index (χ3n) is 6.16. The van der Waals surface area contributed by atoms with E-state index in [1.807, 2.05) is 0 Å². The van der Waals surface area contributed by atoms with Crippen LogP contribution in [0.5, 0.6) is 0 Å². The van der Waals surface area contributed by atoms with Crippen LogP contribution in [0, 0.1) is 46.5 Å². The fourth-order valence-corrected chi connectivity index (χ4v) is 4.76. The van der Waals surface area contributed by atoms with Crippen molar-refractivity contribution in [1.29, 1.82) is 0 Å². The molecule has 0 amide bonds. The average molecular weight is 472 g/mol. The zero-order valence-corrected chi connectivity index (χ0v) is 16.6. The van der Waals surface area contributed by atoms with Crippen molar-refractivity contribution in [3.63, 3.8) is 0 Å². The maximum atomic E-state index is 15.2. The molecule has 0 bridgehead atoms. The van der Waals surface area contributed by atoms with E-state index in [1.54, 1.807) is 0 Å². The van der Waals surface area contributed by atoms with Gasteiger partial charge in [-0.15, -0.1) is 0 Å². The van der Waals surface area contributed by atoms with Crippen molar-refractivity contribution < 1.29 is 35.1 Å². The van der Waals surface area contributed by atoms with Crippen LogP contribution in [0.25, 0.3) is 53.9 Å². The number of halogens is 8. The molecule has 0 nitrogen and oxygen atoms in total. The lowest BCUT2D eigenvalue weighted by Crippen LogP contribution is -1.96. The molecule has 34 heavy (non-hydrogen) atoms. The molecular weight excluding hydrogens is 464 g/mol. The topological polar surface area (TPSA) is 0 Å². The molecular formula is C26H8F8. The highest BCUT2D eigenvalue weighted by atomic mass is 19.2. The van der Waals surface area contributed by atoms with Crippen LogP contribution in [0.4, 0.5) is 35.1 Å². The Morgan fingerprint density at radius 3 is 1.09 bits per heavy atom. The number of rotatable bonds is 0. The Balaban J connectivity index is 2.13. The largest absolute Gasteiger partial charge is 0.204 e. The van der Waals surface area contributed by atoms with Gasteiger partial charge in [0.25, 0.3) is 0 Å². The van der Waals surface area contributed by atoms with Crippen molar-refractivity contribution in [2.75, 3.05) is 0 Å². The van der Waals surface area contributed by atoms with E-state index in [4.69, 9.17) is 0 Å². The van der Waals surface area contributed by atoms with E-state index < -0.39 is 51.9 Å². The predicted molar refractivity (Wildman–Crippen MR) is 114 cm³/mol. The standard InChI is InChI=1S/C26H8F8/c27-16-2-1-9-10-3-17(28)20(31)6-13(10)23-14-7-21(32)18(29)4-11(14)12-5-19(30)22(33)8-15(12)24(23)25(9)26(16)34/h1-8H. The van der Waals surface area contributed by atoms with E-state index in [0.717, 1.165) is 48.5 Å². The van der Waals surface area contributed by atoms with Gasteiger partial charge in [0.15, 0.2) is 46.5 Å². The molecule has 0 atom stereocenters. The Bertz CT molecular complexity index is 1890. The normalized spacial score (nSPS) is 12.1. The van der Waals surface area contributed by atoms with Gasteiger partial charge in [0, 0.05) is 10.8 Å². The van der Waals surface area contributed by atoms with E-state index >= 15 is 4.39 Å². The van der Waals surface area contributed by atoms with Gasteiger partial charge in [-0.2, -0.15) is 0 Å².